The summed E-state index contributed by atoms with van der Waals surface area (Å²) in [5, 5.41) is 2.70. The Labute approximate surface area is 109 Å². The zero-order valence-electron chi connectivity index (χ0n) is 10.8. The number of rotatable bonds is 6. The van der Waals surface area contributed by atoms with Crippen LogP contribution in [0.1, 0.15) is 6.92 Å². The molecule has 1 aliphatic rings. The van der Waals surface area contributed by atoms with Gasteiger partial charge in [-0.25, -0.2) is 8.42 Å². The summed E-state index contributed by atoms with van der Waals surface area (Å²) in [6.45, 7) is 8.06. The molecule has 0 atom stereocenters. The molecule has 104 valence electrons. The maximum absolute atomic E-state index is 11.6. The van der Waals surface area contributed by atoms with Gasteiger partial charge in [-0.15, -0.1) is 6.58 Å². The Hall–Kier alpha value is -0.920. The summed E-state index contributed by atoms with van der Waals surface area (Å²) in [5.74, 6) is 0.0778. The van der Waals surface area contributed by atoms with E-state index in [0.717, 1.165) is 0 Å². The van der Waals surface area contributed by atoms with E-state index in [9.17, 15) is 13.2 Å². The Balaban J connectivity index is 2.36. The van der Waals surface area contributed by atoms with Crippen LogP contribution in [0.5, 0.6) is 0 Å². The Morgan fingerprint density at radius 2 is 1.94 bits per heavy atom. The van der Waals surface area contributed by atoms with Crippen LogP contribution < -0.4 is 5.32 Å². The number of carbonyl (C=O) groups is 1. The first kappa shape index (κ1) is 15.1. The maximum atomic E-state index is 11.6. The Bertz CT molecular complexity index is 386. The van der Waals surface area contributed by atoms with Crippen LogP contribution in [0.15, 0.2) is 12.7 Å². The van der Waals surface area contributed by atoms with Gasteiger partial charge in [-0.05, 0) is 6.92 Å². The molecule has 0 bridgehead atoms. The highest BCUT2D eigenvalue weighted by atomic mass is 32.2. The van der Waals surface area contributed by atoms with Gasteiger partial charge in [-0.3, -0.25) is 9.69 Å². The fourth-order valence-electron chi connectivity index (χ4n) is 1.79. The fourth-order valence-corrected chi connectivity index (χ4v) is 2.88. The highest BCUT2D eigenvalue weighted by Gasteiger charge is 2.25. The van der Waals surface area contributed by atoms with Crippen molar-refractivity contribution in [2.75, 3.05) is 45.0 Å². The normalized spacial score (nSPS) is 18.5. The quantitative estimate of drug-likeness (QED) is 0.648. The van der Waals surface area contributed by atoms with Gasteiger partial charge in [0.1, 0.15) is 0 Å². The van der Waals surface area contributed by atoms with Crippen LogP contribution in [0.25, 0.3) is 0 Å². The average Bonchev–Trinajstić information content (AvgIpc) is 2.37. The van der Waals surface area contributed by atoms with Gasteiger partial charge in [0.15, 0.2) is 0 Å². The number of sulfonamides is 1. The summed E-state index contributed by atoms with van der Waals surface area (Å²) < 4.78 is 24.8. The van der Waals surface area contributed by atoms with E-state index in [1.807, 2.05) is 4.90 Å². The highest BCUT2D eigenvalue weighted by Crippen LogP contribution is 2.07. The number of hydrogen-bond acceptors (Lipinski definition) is 4. The summed E-state index contributed by atoms with van der Waals surface area (Å²) in [6.07, 6.45) is 1.63. The van der Waals surface area contributed by atoms with Gasteiger partial charge in [-0.1, -0.05) is 6.08 Å². The molecule has 1 aliphatic heterocycles. The van der Waals surface area contributed by atoms with E-state index in [4.69, 9.17) is 0 Å². The first-order valence-corrected chi connectivity index (χ1v) is 7.68. The third kappa shape index (κ3) is 4.40. The SMILES string of the molecule is C=CCNC(=O)CN1CCN(S(=O)(=O)CC)CC1. The van der Waals surface area contributed by atoms with E-state index in [2.05, 4.69) is 11.9 Å². The molecule has 1 amide bonds. The van der Waals surface area contributed by atoms with Crippen molar-refractivity contribution in [2.24, 2.45) is 0 Å². The van der Waals surface area contributed by atoms with Crippen molar-refractivity contribution in [2.45, 2.75) is 6.92 Å². The van der Waals surface area contributed by atoms with Gasteiger partial charge in [0.2, 0.25) is 15.9 Å². The molecule has 1 fully saturated rings. The average molecular weight is 275 g/mol. The molecule has 1 heterocycles. The number of amides is 1. The lowest BCUT2D eigenvalue weighted by molar-refractivity contribution is -0.122. The third-order valence-corrected chi connectivity index (χ3v) is 4.78. The van der Waals surface area contributed by atoms with E-state index >= 15 is 0 Å². The molecular formula is C11H21N3O3S. The van der Waals surface area contributed by atoms with Crippen molar-refractivity contribution >= 4 is 15.9 Å². The number of nitrogens with zero attached hydrogens (tertiary/aromatic N) is 2. The van der Waals surface area contributed by atoms with Crippen LogP contribution in [0, 0.1) is 0 Å². The molecule has 0 aromatic carbocycles. The molecule has 1 rings (SSSR count). The molecule has 7 heteroatoms. The van der Waals surface area contributed by atoms with Crippen molar-refractivity contribution < 1.29 is 13.2 Å². The molecule has 1 N–H and O–H groups in total. The minimum atomic E-state index is -3.09. The Morgan fingerprint density at radius 1 is 1.33 bits per heavy atom. The molecule has 0 aromatic rings. The second-order valence-electron chi connectivity index (χ2n) is 4.17. The molecular weight excluding hydrogens is 254 g/mol. The van der Waals surface area contributed by atoms with Crippen LogP contribution in [0.2, 0.25) is 0 Å². The van der Waals surface area contributed by atoms with E-state index in [0.29, 0.717) is 39.3 Å². The number of hydrogen-bond donors (Lipinski definition) is 1. The van der Waals surface area contributed by atoms with E-state index in [1.54, 1.807) is 13.0 Å². The van der Waals surface area contributed by atoms with Crippen LogP contribution >= 0.6 is 0 Å². The molecule has 0 spiro atoms. The molecule has 0 saturated carbocycles. The van der Waals surface area contributed by atoms with Crippen molar-refractivity contribution in [3.63, 3.8) is 0 Å². The van der Waals surface area contributed by atoms with Gasteiger partial charge in [0.25, 0.3) is 0 Å². The standard InChI is InChI=1S/C11H21N3O3S/c1-3-5-12-11(15)10-13-6-8-14(9-7-13)18(16,17)4-2/h3H,1,4-10H2,2H3,(H,12,15). The predicted molar refractivity (Wildman–Crippen MR) is 70.7 cm³/mol. The highest BCUT2D eigenvalue weighted by molar-refractivity contribution is 7.89. The Morgan fingerprint density at radius 3 is 2.44 bits per heavy atom. The predicted octanol–water partition coefficient (Wildman–Crippen LogP) is -0.744. The molecule has 18 heavy (non-hydrogen) atoms. The summed E-state index contributed by atoms with van der Waals surface area (Å²) in [7, 11) is -3.09. The van der Waals surface area contributed by atoms with Crippen LogP contribution in [0.3, 0.4) is 0 Å². The van der Waals surface area contributed by atoms with E-state index in [1.165, 1.54) is 4.31 Å². The lowest BCUT2D eigenvalue weighted by Crippen LogP contribution is -2.51. The van der Waals surface area contributed by atoms with Gasteiger partial charge in [-0.2, -0.15) is 4.31 Å². The number of nitrogens with one attached hydrogen (secondary N) is 1. The van der Waals surface area contributed by atoms with Crippen LogP contribution in [-0.4, -0.2) is 68.6 Å². The molecule has 0 radical (unpaired) electrons. The summed E-state index contributed by atoms with van der Waals surface area (Å²) >= 11 is 0. The Kier molecular flexibility index (Phi) is 5.77. The van der Waals surface area contributed by atoms with Crippen molar-refractivity contribution in [3.8, 4) is 0 Å². The lowest BCUT2D eigenvalue weighted by atomic mass is 10.3. The largest absolute Gasteiger partial charge is 0.352 e. The minimum Gasteiger partial charge on any atom is -0.352 e. The molecule has 6 nitrogen and oxygen atoms in total. The van der Waals surface area contributed by atoms with Gasteiger partial charge in [0.05, 0.1) is 12.3 Å². The van der Waals surface area contributed by atoms with Crippen molar-refractivity contribution in [3.05, 3.63) is 12.7 Å². The third-order valence-electron chi connectivity index (χ3n) is 2.90. The van der Waals surface area contributed by atoms with Crippen molar-refractivity contribution in [1.82, 2.24) is 14.5 Å². The fraction of sp³-hybridized carbons (Fsp3) is 0.727. The van der Waals surface area contributed by atoms with E-state index in [-0.39, 0.29) is 11.7 Å². The van der Waals surface area contributed by atoms with Gasteiger partial charge >= 0.3 is 0 Å². The summed E-state index contributed by atoms with van der Waals surface area (Å²) in [5.41, 5.74) is 0. The first-order valence-electron chi connectivity index (χ1n) is 6.07. The van der Waals surface area contributed by atoms with Gasteiger partial charge in [0, 0.05) is 32.7 Å². The number of piperazine rings is 1. The summed E-state index contributed by atoms with van der Waals surface area (Å²) in [6, 6.07) is 0. The zero-order chi connectivity index (χ0) is 13.6. The second-order valence-corrected chi connectivity index (χ2v) is 6.43. The van der Waals surface area contributed by atoms with Crippen LogP contribution in [-0.2, 0) is 14.8 Å². The summed E-state index contributed by atoms with van der Waals surface area (Å²) in [4.78, 5) is 13.4. The van der Waals surface area contributed by atoms with E-state index < -0.39 is 10.0 Å². The van der Waals surface area contributed by atoms with Crippen molar-refractivity contribution in [1.29, 1.82) is 0 Å². The van der Waals surface area contributed by atoms with Crippen LogP contribution in [0.4, 0.5) is 0 Å². The second kappa shape index (κ2) is 6.86. The zero-order valence-corrected chi connectivity index (χ0v) is 11.6. The molecule has 0 aliphatic carbocycles. The smallest absolute Gasteiger partial charge is 0.234 e. The maximum Gasteiger partial charge on any atom is 0.234 e. The lowest BCUT2D eigenvalue weighted by Gasteiger charge is -2.33. The molecule has 1 saturated heterocycles. The first-order chi connectivity index (χ1) is 8.49. The topological polar surface area (TPSA) is 69.7 Å². The minimum absolute atomic E-state index is 0.0540. The molecule has 0 unspecified atom stereocenters. The monoisotopic (exact) mass is 275 g/mol. The van der Waals surface area contributed by atoms with Gasteiger partial charge < -0.3 is 5.32 Å². The molecule has 0 aromatic heterocycles. The number of carbonyl (C=O) groups excluding carboxylic acids is 1.